The van der Waals surface area contributed by atoms with E-state index in [1.54, 1.807) is 35.9 Å². The van der Waals surface area contributed by atoms with Crippen molar-refractivity contribution >= 4 is 17.7 Å². The summed E-state index contributed by atoms with van der Waals surface area (Å²) in [7, 11) is 1.70. The van der Waals surface area contributed by atoms with Crippen molar-refractivity contribution in [2.75, 3.05) is 0 Å². The fourth-order valence-electron chi connectivity index (χ4n) is 4.55. The van der Waals surface area contributed by atoms with Crippen LogP contribution in [0.5, 0.6) is 0 Å². The molecule has 0 bridgehead atoms. The van der Waals surface area contributed by atoms with Gasteiger partial charge in [0.25, 0.3) is 5.91 Å². The number of carbonyl (C=O) groups is 3. The van der Waals surface area contributed by atoms with Gasteiger partial charge >= 0.3 is 6.18 Å². The number of hydrogen-bond donors (Lipinski definition) is 1. The summed E-state index contributed by atoms with van der Waals surface area (Å²) >= 11 is 0. The normalized spacial score (nSPS) is 18.3. The van der Waals surface area contributed by atoms with Crippen molar-refractivity contribution in [3.63, 3.8) is 0 Å². The van der Waals surface area contributed by atoms with Gasteiger partial charge in [0.1, 0.15) is 6.04 Å². The molecule has 2 aromatic carbocycles. The third-order valence-electron chi connectivity index (χ3n) is 6.20. The quantitative estimate of drug-likeness (QED) is 0.596. The lowest BCUT2D eigenvalue weighted by atomic mass is 9.99. The molecule has 3 amide bonds. The van der Waals surface area contributed by atoms with E-state index in [2.05, 4.69) is 10.3 Å². The van der Waals surface area contributed by atoms with E-state index in [9.17, 15) is 27.6 Å². The van der Waals surface area contributed by atoms with E-state index in [1.807, 2.05) is 0 Å². The lowest BCUT2D eigenvalue weighted by Gasteiger charge is -2.29. The average molecular weight is 468 g/mol. The summed E-state index contributed by atoms with van der Waals surface area (Å²) in [5.74, 6) is -1.14. The zero-order valence-corrected chi connectivity index (χ0v) is 18.0. The van der Waals surface area contributed by atoms with Crippen LogP contribution in [0.15, 0.2) is 48.8 Å². The lowest BCUT2D eigenvalue weighted by Crippen LogP contribution is -2.52. The first-order valence-electron chi connectivity index (χ1n) is 10.6. The van der Waals surface area contributed by atoms with E-state index < -0.39 is 23.7 Å². The molecule has 2 aliphatic heterocycles. The number of aromatic nitrogens is 2. The topological polar surface area (TPSA) is 84.3 Å². The Morgan fingerprint density at radius 2 is 1.85 bits per heavy atom. The Morgan fingerprint density at radius 1 is 1.06 bits per heavy atom. The number of halogens is 3. The van der Waals surface area contributed by atoms with Crippen LogP contribution in [0.1, 0.15) is 34.3 Å². The lowest BCUT2D eigenvalue weighted by molar-refractivity contribution is -0.138. The van der Waals surface area contributed by atoms with E-state index in [1.165, 1.54) is 17.3 Å². The maximum absolute atomic E-state index is 13.3. The highest BCUT2D eigenvalue weighted by Gasteiger charge is 2.39. The number of hydrogen-bond acceptors (Lipinski definition) is 4. The second kappa shape index (κ2) is 7.82. The number of amides is 3. The molecule has 1 N–H and O–H groups in total. The molecule has 0 aliphatic carbocycles. The van der Waals surface area contributed by atoms with Gasteiger partial charge in [-0.1, -0.05) is 18.2 Å². The standard InChI is InChI=1S/C24H19F3N4O3/c1-30-12-28-20(21(30)14-3-2-4-16(10-14)24(25,26)27)13-5-6-17-15(9-13)11-31(23(17)34)18-7-8-19(32)29-22(18)33/h2-6,9-10,12,18H,7-8,11H2,1H3,(H,29,32,33). The molecular formula is C24H19F3N4O3. The van der Waals surface area contributed by atoms with Crippen LogP contribution in [0.25, 0.3) is 22.5 Å². The van der Waals surface area contributed by atoms with Gasteiger partial charge < -0.3 is 9.47 Å². The number of aryl methyl sites for hydroxylation is 1. The van der Waals surface area contributed by atoms with Gasteiger partial charge in [-0.2, -0.15) is 13.2 Å². The van der Waals surface area contributed by atoms with Crippen molar-refractivity contribution in [1.82, 2.24) is 19.8 Å². The van der Waals surface area contributed by atoms with Crippen LogP contribution >= 0.6 is 0 Å². The summed E-state index contributed by atoms with van der Waals surface area (Å²) in [5, 5.41) is 2.27. The second-order valence-electron chi connectivity index (χ2n) is 8.40. The number of imidazole rings is 1. The zero-order valence-electron chi connectivity index (χ0n) is 18.0. The van der Waals surface area contributed by atoms with Gasteiger partial charge in [0.2, 0.25) is 11.8 Å². The molecule has 10 heteroatoms. The Bertz CT molecular complexity index is 1350. The number of imide groups is 1. The van der Waals surface area contributed by atoms with Gasteiger partial charge in [-0.25, -0.2) is 4.98 Å². The Balaban J connectivity index is 1.50. The Morgan fingerprint density at radius 3 is 2.59 bits per heavy atom. The number of fused-ring (bicyclic) bond motifs is 1. The smallest absolute Gasteiger partial charge is 0.333 e. The largest absolute Gasteiger partial charge is 0.416 e. The van der Waals surface area contributed by atoms with Crippen molar-refractivity contribution in [2.45, 2.75) is 31.6 Å². The van der Waals surface area contributed by atoms with Crippen LogP contribution in [0, 0.1) is 0 Å². The number of piperidine rings is 1. The van der Waals surface area contributed by atoms with Crippen LogP contribution in [0.2, 0.25) is 0 Å². The molecule has 3 aromatic rings. The molecule has 1 fully saturated rings. The Hall–Kier alpha value is -3.95. The predicted octanol–water partition coefficient (Wildman–Crippen LogP) is 3.53. The van der Waals surface area contributed by atoms with E-state index >= 15 is 0 Å². The molecule has 0 radical (unpaired) electrons. The number of benzene rings is 2. The van der Waals surface area contributed by atoms with Crippen LogP contribution in [0.4, 0.5) is 13.2 Å². The molecular weight excluding hydrogens is 449 g/mol. The van der Waals surface area contributed by atoms with Crippen molar-refractivity contribution in [1.29, 1.82) is 0 Å². The first-order valence-corrected chi connectivity index (χ1v) is 10.6. The first kappa shape index (κ1) is 21.9. The summed E-state index contributed by atoms with van der Waals surface area (Å²) in [6, 6.07) is 9.45. The number of rotatable bonds is 3. The van der Waals surface area contributed by atoms with E-state index in [0.29, 0.717) is 33.6 Å². The first-order chi connectivity index (χ1) is 16.1. The van der Waals surface area contributed by atoms with E-state index in [0.717, 1.165) is 12.1 Å². The molecule has 174 valence electrons. The molecule has 7 nitrogen and oxygen atoms in total. The summed E-state index contributed by atoms with van der Waals surface area (Å²) in [6.07, 6.45) is -2.52. The highest BCUT2D eigenvalue weighted by Crippen LogP contribution is 2.37. The van der Waals surface area contributed by atoms with Gasteiger partial charge in [0.15, 0.2) is 0 Å². The van der Waals surface area contributed by atoms with Crippen LogP contribution in [-0.4, -0.2) is 38.2 Å². The summed E-state index contributed by atoms with van der Waals surface area (Å²) in [4.78, 5) is 42.5. The number of nitrogens with zero attached hydrogens (tertiary/aromatic N) is 3. The van der Waals surface area contributed by atoms with E-state index in [4.69, 9.17) is 0 Å². The minimum atomic E-state index is -4.47. The molecule has 1 atom stereocenters. The highest BCUT2D eigenvalue weighted by atomic mass is 19.4. The van der Waals surface area contributed by atoms with Gasteiger partial charge in [-0.15, -0.1) is 0 Å². The molecule has 3 heterocycles. The van der Waals surface area contributed by atoms with Crippen molar-refractivity contribution in [3.8, 4) is 22.5 Å². The monoisotopic (exact) mass is 468 g/mol. The van der Waals surface area contributed by atoms with Gasteiger partial charge in [0.05, 0.1) is 23.3 Å². The second-order valence-corrected chi connectivity index (χ2v) is 8.40. The fourth-order valence-corrected chi connectivity index (χ4v) is 4.55. The van der Waals surface area contributed by atoms with Gasteiger partial charge in [0, 0.05) is 36.7 Å². The highest BCUT2D eigenvalue weighted by molar-refractivity contribution is 6.05. The fraction of sp³-hybridized carbons (Fsp3) is 0.250. The average Bonchev–Trinajstić information content (AvgIpc) is 3.33. The van der Waals surface area contributed by atoms with Crippen LogP contribution in [-0.2, 0) is 29.4 Å². The molecule has 1 saturated heterocycles. The molecule has 34 heavy (non-hydrogen) atoms. The summed E-state index contributed by atoms with van der Waals surface area (Å²) < 4.78 is 41.4. The number of alkyl halides is 3. The minimum absolute atomic E-state index is 0.163. The molecule has 0 spiro atoms. The molecule has 1 aromatic heterocycles. The van der Waals surface area contributed by atoms with Gasteiger partial charge in [-0.05, 0) is 36.2 Å². The van der Waals surface area contributed by atoms with Crippen molar-refractivity contribution < 1.29 is 27.6 Å². The molecule has 1 unspecified atom stereocenters. The van der Waals surface area contributed by atoms with Crippen molar-refractivity contribution in [3.05, 3.63) is 65.5 Å². The zero-order chi connectivity index (χ0) is 24.2. The maximum Gasteiger partial charge on any atom is 0.416 e. The summed E-state index contributed by atoms with van der Waals surface area (Å²) in [6.45, 7) is 0.194. The maximum atomic E-state index is 13.3. The third-order valence-corrected chi connectivity index (χ3v) is 6.20. The molecule has 0 saturated carbocycles. The van der Waals surface area contributed by atoms with Crippen molar-refractivity contribution in [2.24, 2.45) is 7.05 Å². The van der Waals surface area contributed by atoms with Crippen LogP contribution in [0.3, 0.4) is 0 Å². The van der Waals surface area contributed by atoms with E-state index in [-0.39, 0.29) is 31.2 Å². The molecule has 2 aliphatic rings. The SMILES string of the molecule is Cn1cnc(-c2ccc3c(c2)CN(C2CCC(=O)NC2=O)C3=O)c1-c1cccc(C(F)(F)F)c1. The number of nitrogens with one attached hydrogen (secondary N) is 1. The third kappa shape index (κ3) is 3.64. The molecule has 5 rings (SSSR count). The Labute approximate surface area is 192 Å². The predicted molar refractivity (Wildman–Crippen MR) is 115 cm³/mol. The minimum Gasteiger partial charge on any atom is -0.333 e. The van der Waals surface area contributed by atoms with Gasteiger partial charge in [-0.3, -0.25) is 19.7 Å². The summed E-state index contributed by atoms with van der Waals surface area (Å²) in [5.41, 5.74) is 2.39. The Kier molecular flexibility index (Phi) is 5.03. The number of carbonyl (C=O) groups excluding carboxylic acids is 3. The van der Waals surface area contributed by atoms with Crippen LogP contribution < -0.4 is 5.32 Å².